The van der Waals surface area contributed by atoms with Gasteiger partial charge in [-0.15, -0.1) is 0 Å². The molecule has 28 heavy (non-hydrogen) atoms. The van der Waals surface area contributed by atoms with Gasteiger partial charge in [-0.2, -0.15) is 0 Å². The fourth-order valence-corrected chi connectivity index (χ4v) is 3.00. The first kappa shape index (κ1) is 19.6. The lowest BCUT2D eigenvalue weighted by atomic mass is 10.0. The molecule has 0 unspecified atom stereocenters. The Morgan fingerprint density at radius 3 is 2.29 bits per heavy atom. The number of carbonyl (C=O) groups excluding carboxylic acids is 2. The van der Waals surface area contributed by atoms with Crippen molar-refractivity contribution in [1.29, 1.82) is 0 Å². The zero-order valence-corrected chi connectivity index (χ0v) is 16.2. The number of anilines is 1. The third-order valence-electron chi connectivity index (χ3n) is 4.17. The van der Waals surface area contributed by atoms with Crippen LogP contribution in [0.25, 0.3) is 11.1 Å². The minimum absolute atomic E-state index is 0.105. The summed E-state index contributed by atoms with van der Waals surface area (Å²) in [5, 5.41) is 3.08. The van der Waals surface area contributed by atoms with Crippen LogP contribution in [-0.4, -0.2) is 18.5 Å². The Morgan fingerprint density at radius 1 is 0.929 bits per heavy atom. The van der Waals surface area contributed by atoms with Crippen molar-refractivity contribution in [3.05, 3.63) is 88.9 Å². The zero-order valence-electron chi connectivity index (χ0n) is 15.4. The van der Waals surface area contributed by atoms with E-state index in [2.05, 4.69) is 5.32 Å². The highest BCUT2D eigenvalue weighted by molar-refractivity contribution is 6.33. The largest absolute Gasteiger partial charge is 0.455 e. The van der Waals surface area contributed by atoms with Crippen LogP contribution in [0.15, 0.2) is 72.8 Å². The molecule has 0 aliphatic heterocycles. The maximum absolute atomic E-state index is 12.0. The summed E-state index contributed by atoms with van der Waals surface area (Å²) in [6.45, 7) is 1.55. The first-order chi connectivity index (χ1) is 13.5. The molecule has 142 valence electrons. The van der Waals surface area contributed by atoms with Gasteiger partial charge in [0.05, 0.1) is 17.1 Å². The summed E-state index contributed by atoms with van der Waals surface area (Å²) < 4.78 is 5.06. The van der Waals surface area contributed by atoms with Crippen LogP contribution in [0.4, 0.5) is 5.69 Å². The second-order valence-corrected chi connectivity index (χ2v) is 6.84. The predicted octanol–water partition coefficient (Wildman–Crippen LogP) is 5.04. The molecule has 0 spiro atoms. The first-order valence-electron chi connectivity index (χ1n) is 8.87. The van der Waals surface area contributed by atoms with Crippen molar-refractivity contribution in [2.24, 2.45) is 0 Å². The standard InChI is InChI=1S/C23H20ClNO3/c1-16-7-12-21(20(24)13-16)25-22(26)15-28-23(27)14-17-8-10-19(11-9-17)18-5-3-2-4-6-18/h2-13H,14-15H2,1H3,(H,25,26). The molecule has 3 aromatic rings. The van der Waals surface area contributed by atoms with Crippen molar-refractivity contribution >= 4 is 29.2 Å². The van der Waals surface area contributed by atoms with Gasteiger partial charge in [-0.1, -0.05) is 72.3 Å². The van der Waals surface area contributed by atoms with Gasteiger partial charge < -0.3 is 10.1 Å². The molecular formula is C23H20ClNO3. The summed E-state index contributed by atoms with van der Waals surface area (Å²) >= 11 is 6.08. The fraction of sp³-hybridized carbons (Fsp3) is 0.130. The normalized spacial score (nSPS) is 10.4. The molecule has 0 aliphatic carbocycles. The van der Waals surface area contributed by atoms with Crippen molar-refractivity contribution in [3.8, 4) is 11.1 Å². The summed E-state index contributed by atoms with van der Waals surface area (Å²) in [6, 6.07) is 23.0. The SMILES string of the molecule is Cc1ccc(NC(=O)COC(=O)Cc2ccc(-c3ccccc3)cc2)c(Cl)c1. The van der Waals surface area contributed by atoms with Gasteiger partial charge >= 0.3 is 5.97 Å². The lowest BCUT2D eigenvalue weighted by Crippen LogP contribution is -2.21. The van der Waals surface area contributed by atoms with Crippen molar-refractivity contribution in [2.75, 3.05) is 11.9 Å². The van der Waals surface area contributed by atoms with Crippen molar-refractivity contribution in [1.82, 2.24) is 0 Å². The van der Waals surface area contributed by atoms with Crippen molar-refractivity contribution in [2.45, 2.75) is 13.3 Å². The number of hydrogen-bond acceptors (Lipinski definition) is 3. The molecule has 5 heteroatoms. The Kier molecular flexibility index (Phi) is 6.45. The summed E-state index contributed by atoms with van der Waals surface area (Å²) in [5.74, 6) is -0.892. The molecule has 0 saturated carbocycles. The first-order valence-corrected chi connectivity index (χ1v) is 9.25. The van der Waals surface area contributed by atoms with Gasteiger partial charge in [0.1, 0.15) is 0 Å². The van der Waals surface area contributed by atoms with Crippen LogP contribution in [0.1, 0.15) is 11.1 Å². The van der Waals surface area contributed by atoms with Crippen molar-refractivity contribution < 1.29 is 14.3 Å². The van der Waals surface area contributed by atoms with E-state index >= 15 is 0 Å². The molecule has 0 radical (unpaired) electrons. The summed E-state index contributed by atoms with van der Waals surface area (Å²) in [5.41, 5.74) is 4.50. The van der Waals surface area contributed by atoms with Crippen molar-refractivity contribution in [3.63, 3.8) is 0 Å². The molecule has 0 atom stereocenters. The van der Waals surface area contributed by atoms with Crippen LogP contribution in [0.3, 0.4) is 0 Å². The maximum atomic E-state index is 12.0. The number of amides is 1. The number of aryl methyl sites for hydroxylation is 1. The Bertz CT molecular complexity index is 969. The average Bonchev–Trinajstić information content (AvgIpc) is 2.70. The van der Waals surface area contributed by atoms with E-state index in [-0.39, 0.29) is 13.0 Å². The van der Waals surface area contributed by atoms with E-state index in [9.17, 15) is 9.59 Å². The van der Waals surface area contributed by atoms with Crippen LogP contribution in [-0.2, 0) is 20.7 Å². The maximum Gasteiger partial charge on any atom is 0.310 e. The van der Waals surface area contributed by atoms with Gasteiger partial charge in [-0.05, 0) is 41.3 Å². The van der Waals surface area contributed by atoms with Gasteiger partial charge in [0, 0.05) is 0 Å². The number of hydrogen-bond donors (Lipinski definition) is 1. The highest BCUT2D eigenvalue weighted by Gasteiger charge is 2.11. The number of nitrogens with one attached hydrogen (secondary N) is 1. The Morgan fingerprint density at radius 2 is 1.61 bits per heavy atom. The number of rotatable bonds is 6. The lowest BCUT2D eigenvalue weighted by molar-refractivity contribution is -0.146. The van der Waals surface area contributed by atoms with E-state index in [0.717, 1.165) is 22.3 Å². The monoisotopic (exact) mass is 393 g/mol. The number of ether oxygens (including phenoxy) is 1. The third kappa shape index (κ3) is 5.44. The second kappa shape index (κ2) is 9.20. The molecule has 1 N–H and O–H groups in total. The number of esters is 1. The predicted molar refractivity (Wildman–Crippen MR) is 111 cm³/mol. The quantitative estimate of drug-likeness (QED) is 0.597. The van der Waals surface area contributed by atoms with E-state index in [0.29, 0.717) is 10.7 Å². The van der Waals surface area contributed by atoms with Gasteiger partial charge in [0.15, 0.2) is 6.61 Å². The number of halogens is 1. The molecule has 4 nitrogen and oxygen atoms in total. The van der Waals surface area contributed by atoms with Crippen LogP contribution in [0, 0.1) is 6.92 Å². The number of carbonyl (C=O) groups is 2. The molecule has 0 fully saturated rings. The van der Waals surface area contributed by atoms with Crippen LogP contribution < -0.4 is 5.32 Å². The molecule has 0 bridgehead atoms. The molecule has 0 heterocycles. The lowest BCUT2D eigenvalue weighted by Gasteiger charge is -2.09. The number of benzene rings is 3. The third-order valence-corrected chi connectivity index (χ3v) is 4.49. The summed E-state index contributed by atoms with van der Waals surface area (Å²) in [7, 11) is 0. The van der Waals surface area contributed by atoms with E-state index in [1.54, 1.807) is 12.1 Å². The summed E-state index contributed by atoms with van der Waals surface area (Å²) in [4.78, 5) is 24.0. The molecule has 3 aromatic carbocycles. The van der Waals surface area contributed by atoms with Gasteiger partial charge in [-0.3, -0.25) is 9.59 Å². The minimum atomic E-state index is -0.461. The molecule has 0 aromatic heterocycles. The fourth-order valence-electron chi connectivity index (χ4n) is 2.72. The molecular weight excluding hydrogens is 374 g/mol. The average molecular weight is 394 g/mol. The molecule has 0 aliphatic rings. The Labute approximate surface area is 169 Å². The van der Waals surface area contributed by atoms with E-state index < -0.39 is 11.9 Å². The molecule has 1 amide bonds. The van der Waals surface area contributed by atoms with E-state index in [4.69, 9.17) is 16.3 Å². The minimum Gasteiger partial charge on any atom is -0.455 e. The molecule has 0 saturated heterocycles. The summed E-state index contributed by atoms with van der Waals surface area (Å²) in [6.07, 6.45) is 0.105. The second-order valence-electron chi connectivity index (χ2n) is 6.43. The van der Waals surface area contributed by atoms with E-state index in [1.165, 1.54) is 0 Å². The van der Waals surface area contributed by atoms with Gasteiger partial charge in [0.2, 0.25) is 0 Å². The van der Waals surface area contributed by atoms with Crippen LogP contribution >= 0.6 is 11.6 Å². The smallest absolute Gasteiger partial charge is 0.310 e. The Balaban J connectivity index is 1.49. The van der Waals surface area contributed by atoms with E-state index in [1.807, 2.05) is 67.6 Å². The van der Waals surface area contributed by atoms with Crippen LogP contribution in [0.5, 0.6) is 0 Å². The highest BCUT2D eigenvalue weighted by atomic mass is 35.5. The van der Waals surface area contributed by atoms with Gasteiger partial charge in [-0.25, -0.2) is 0 Å². The van der Waals surface area contributed by atoms with Crippen LogP contribution in [0.2, 0.25) is 5.02 Å². The molecule has 3 rings (SSSR count). The Hall–Kier alpha value is -3.11. The highest BCUT2D eigenvalue weighted by Crippen LogP contribution is 2.22. The van der Waals surface area contributed by atoms with Gasteiger partial charge in [0.25, 0.3) is 5.91 Å². The zero-order chi connectivity index (χ0) is 19.9. The topological polar surface area (TPSA) is 55.4 Å².